The highest BCUT2D eigenvalue weighted by Crippen LogP contribution is 2.37. The van der Waals surface area contributed by atoms with Crippen molar-refractivity contribution in [3.8, 4) is 0 Å². The molecule has 1 N–H and O–H groups in total. The first-order valence-corrected chi connectivity index (χ1v) is 16.0. The summed E-state index contributed by atoms with van der Waals surface area (Å²) in [4.78, 5) is 47.2. The van der Waals surface area contributed by atoms with Crippen LogP contribution in [0.4, 0.5) is 4.79 Å². The lowest BCUT2D eigenvalue weighted by molar-refractivity contribution is -0.125. The summed E-state index contributed by atoms with van der Waals surface area (Å²) >= 11 is 0. The molecule has 40 heavy (non-hydrogen) atoms. The van der Waals surface area contributed by atoms with Gasteiger partial charge in [0.2, 0.25) is 0 Å². The normalized spacial score (nSPS) is 29.2. The van der Waals surface area contributed by atoms with Crippen molar-refractivity contribution in [1.29, 1.82) is 0 Å². The summed E-state index contributed by atoms with van der Waals surface area (Å²) in [6.45, 7) is 1.16. The molecule has 4 unspecified atom stereocenters. The molecule has 5 rings (SSSR count). The first-order chi connectivity index (χ1) is 18.9. The Labute approximate surface area is 237 Å². The number of nitrogens with one attached hydrogen (secondary N) is 1. The second kappa shape index (κ2) is 11.3. The van der Waals surface area contributed by atoms with Gasteiger partial charge in [0.1, 0.15) is 0 Å². The Morgan fingerprint density at radius 2 is 1.70 bits per heavy atom. The number of Topliss-reactive ketones (excluding diaryl/α,β-unsaturated/α-hetero) is 1. The van der Waals surface area contributed by atoms with E-state index in [4.69, 9.17) is 0 Å². The molecule has 0 spiro atoms. The highest BCUT2D eigenvalue weighted by molar-refractivity contribution is 7.91. The number of rotatable bonds is 7. The number of hydrogen-bond acceptors (Lipinski definition) is 7. The number of fused-ring (bicyclic) bond motifs is 3. The van der Waals surface area contributed by atoms with E-state index in [-0.39, 0.29) is 59.0 Å². The molecule has 3 aliphatic heterocycles. The van der Waals surface area contributed by atoms with Gasteiger partial charge < -0.3 is 15.1 Å². The molecule has 3 heterocycles. The van der Waals surface area contributed by atoms with E-state index in [9.17, 15) is 22.8 Å². The quantitative estimate of drug-likeness (QED) is 0.495. The zero-order valence-corrected chi connectivity index (χ0v) is 24.7. The predicted molar refractivity (Wildman–Crippen MR) is 153 cm³/mol. The molecule has 0 saturated carbocycles. The van der Waals surface area contributed by atoms with Crippen LogP contribution in [0.2, 0.25) is 0 Å². The first-order valence-electron chi connectivity index (χ1n) is 14.2. The van der Waals surface area contributed by atoms with Crippen LogP contribution in [0.1, 0.15) is 49.3 Å². The van der Waals surface area contributed by atoms with Gasteiger partial charge in [-0.1, -0.05) is 24.3 Å². The number of amides is 3. The number of sulfone groups is 1. The molecule has 1 aromatic carbocycles. The number of nitrogens with zero attached hydrogens (tertiary/aromatic N) is 4. The molecule has 0 aromatic heterocycles. The van der Waals surface area contributed by atoms with E-state index in [1.165, 1.54) is 4.90 Å². The third-order valence-corrected chi connectivity index (χ3v) is 10.7. The zero-order valence-electron chi connectivity index (χ0n) is 23.9. The topological polar surface area (TPSA) is 110 Å². The Hall–Kier alpha value is -2.76. The van der Waals surface area contributed by atoms with Gasteiger partial charge in [0, 0.05) is 51.4 Å². The molecule has 4 atom stereocenters. The average Bonchev–Trinajstić information content (AvgIpc) is 3.37. The molecule has 3 fully saturated rings. The Kier molecular flexibility index (Phi) is 8.09. The molecule has 218 valence electrons. The number of ketones is 1. The van der Waals surface area contributed by atoms with Crippen LogP contribution < -0.4 is 5.32 Å². The van der Waals surface area contributed by atoms with Crippen LogP contribution >= 0.6 is 0 Å². The van der Waals surface area contributed by atoms with Gasteiger partial charge >= 0.3 is 6.03 Å². The van der Waals surface area contributed by atoms with Gasteiger partial charge in [0.05, 0.1) is 23.1 Å². The van der Waals surface area contributed by atoms with Crippen LogP contribution in [0.3, 0.4) is 0 Å². The number of likely N-dealkylation sites (N-methyl/N-ethyl adjacent to an activating group) is 1. The van der Waals surface area contributed by atoms with Crippen LogP contribution in [-0.2, 0) is 19.4 Å². The van der Waals surface area contributed by atoms with E-state index in [1.54, 1.807) is 25.1 Å². The van der Waals surface area contributed by atoms with E-state index < -0.39 is 15.9 Å². The lowest BCUT2D eigenvalue weighted by Gasteiger charge is -2.41. The van der Waals surface area contributed by atoms with Gasteiger partial charge in [-0.15, -0.1) is 0 Å². The fourth-order valence-corrected chi connectivity index (χ4v) is 8.78. The SMILES string of the molecule is CN(C)C(=O)N(CCN1C2CCC1CC(NC(=O)C1=Cc3ccccc3C(N(C)C)C1=O)C2)C1CCS(=O)(=O)C1. The monoisotopic (exact) mass is 571 g/mol. The predicted octanol–water partition coefficient (Wildman–Crippen LogP) is 1.54. The van der Waals surface area contributed by atoms with Crippen molar-refractivity contribution in [2.75, 3.05) is 52.8 Å². The second-order valence-corrected chi connectivity index (χ2v) is 14.3. The van der Waals surface area contributed by atoms with Gasteiger partial charge in [0.25, 0.3) is 5.91 Å². The van der Waals surface area contributed by atoms with Crippen LogP contribution in [0.15, 0.2) is 29.8 Å². The number of urea groups is 1. The van der Waals surface area contributed by atoms with Gasteiger partial charge in [-0.3, -0.25) is 19.4 Å². The van der Waals surface area contributed by atoms with Gasteiger partial charge in [0.15, 0.2) is 15.6 Å². The molecular weight excluding hydrogens is 530 g/mol. The van der Waals surface area contributed by atoms with E-state index in [0.717, 1.165) is 36.8 Å². The molecular formula is C29H41N5O5S. The Morgan fingerprint density at radius 1 is 1.02 bits per heavy atom. The Balaban J connectivity index is 1.23. The summed E-state index contributed by atoms with van der Waals surface area (Å²) in [7, 11) is 3.99. The number of carbonyl (C=O) groups is 3. The van der Waals surface area contributed by atoms with Crippen molar-refractivity contribution in [2.24, 2.45) is 0 Å². The standard InChI is InChI=1S/C29H41N5O5S/c1-31(2)26-24-8-6-5-7-19(24)15-25(27(26)35)28(36)30-20-16-21-9-10-22(17-20)33(21)12-13-34(29(37)32(3)4)23-11-14-40(38,39)18-23/h5-8,15,20-23,26H,9-14,16-18H2,1-4H3,(H,30,36). The molecule has 2 bridgehead atoms. The number of carbonyl (C=O) groups excluding carboxylic acids is 3. The van der Waals surface area contributed by atoms with Crippen LogP contribution in [0.5, 0.6) is 0 Å². The fourth-order valence-electron chi connectivity index (χ4n) is 7.05. The number of piperidine rings is 1. The van der Waals surface area contributed by atoms with Crippen LogP contribution in [0, 0.1) is 0 Å². The van der Waals surface area contributed by atoms with E-state index in [2.05, 4.69) is 10.2 Å². The molecule has 3 amide bonds. The summed E-state index contributed by atoms with van der Waals surface area (Å²) in [5.41, 5.74) is 2.02. The number of hydrogen-bond donors (Lipinski definition) is 1. The average molecular weight is 572 g/mol. The highest BCUT2D eigenvalue weighted by atomic mass is 32.2. The maximum atomic E-state index is 13.4. The lowest BCUT2D eigenvalue weighted by Crippen LogP contribution is -2.54. The minimum atomic E-state index is -3.11. The minimum Gasteiger partial charge on any atom is -0.349 e. The van der Waals surface area contributed by atoms with Gasteiger partial charge in [-0.2, -0.15) is 0 Å². The summed E-state index contributed by atoms with van der Waals surface area (Å²) in [6, 6.07) is 7.32. The van der Waals surface area contributed by atoms with Gasteiger partial charge in [-0.25, -0.2) is 13.2 Å². The van der Waals surface area contributed by atoms with E-state index in [0.29, 0.717) is 19.5 Å². The largest absolute Gasteiger partial charge is 0.349 e. The minimum absolute atomic E-state index is 0.0237. The fraction of sp³-hybridized carbons (Fsp3) is 0.621. The third-order valence-electron chi connectivity index (χ3n) is 8.96. The molecule has 11 heteroatoms. The van der Waals surface area contributed by atoms with Crippen molar-refractivity contribution in [2.45, 2.75) is 62.3 Å². The summed E-state index contributed by atoms with van der Waals surface area (Å²) in [6.07, 6.45) is 5.82. The molecule has 10 nitrogen and oxygen atoms in total. The maximum absolute atomic E-state index is 13.4. The third kappa shape index (κ3) is 5.69. The van der Waals surface area contributed by atoms with Crippen molar-refractivity contribution in [3.63, 3.8) is 0 Å². The summed E-state index contributed by atoms with van der Waals surface area (Å²) in [5, 5.41) is 3.17. The van der Waals surface area contributed by atoms with Gasteiger partial charge in [-0.05, 0) is 63.4 Å². The van der Waals surface area contributed by atoms with E-state index in [1.807, 2.05) is 43.3 Å². The van der Waals surface area contributed by atoms with Crippen molar-refractivity contribution in [3.05, 3.63) is 41.0 Å². The summed E-state index contributed by atoms with van der Waals surface area (Å²) in [5.74, 6) is -0.331. The lowest BCUT2D eigenvalue weighted by atomic mass is 9.85. The molecule has 4 aliphatic rings. The van der Waals surface area contributed by atoms with Crippen LogP contribution in [-0.4, -0.2) is 123 Å². The first kappa shape index (κ1) is 28.8. The Morgan fingerprint density at radius 3 is 2.30 bits per heavy atom. The van der Waals surface area contributed by atoms with E-state index >= 15 is 0 Å². The molecule has 3 saturated heterocycles. The molecule has 0 radical (unpaired) electrons. The highest BCUT2D eigenvalue weighted by Gasteiger charge is 2.43. The molecule has 1 aromatic rings. The van der Waals surface area contributed by atoms with Crippen LogP contribution in [0.25, 0.3) is 6.08 Å². The van der Waals surface area contributed by atoms with Crippen molar-refractivity contribution >= 4 is 33.6 Å². The zero-order chi connectivity index (χ0) is 28.8. The number of benzene rings is 1. The molecule has 1 aliphatic carbocycles. The summed E-state index contributed by atoms with van der Waals surface area (Å²) < 4.78 is 24.2. The maximum Gasteiger partial charge on any atom is 0.319 e. The Bertz CT molecular complexity index is 1300. The van der Waals surface area contributed by atoms with Crippen molar-refractivity contribution in [1.82, 2.24) is 24.9 Å². The smallest absolute Gasteiger partial charge is 0.319 e. The second-order valence-electron chi connectivity index (χ2n) is 12.1. The van der Waals surface area contributed by atoms with Crippen molar-refractivity contribution < 1.29 is 22.8 Å².